The van der Waals surface area contributed by atoms with Crippen LogP contribution in [0.2, 0.25) is 0 Å². The smallest absolute Gasteiger partial charge is 0.0162 e. The van der Waals surface area contributed by atoms with Crippen molar-refractivity contribution in [2.45, 2.75) is 104 Å². The van der Waals surface area contributed by atoms with Crippen LogP contribution < -0.4 is 0 Å². The summed E-state index contributed by atoms with van der Waals surface area (Å²) in [6.45, 7) is 6.99. The Kier molecular flexibility index (Phi) is 7.64. The first kappa shape index (κ1) is 20.0. The Hall–Kier alpha value is -0.780. The van der Waals surface area contributed by atoms with E-state index in [1.165, 1.54) is 82.6 Å². The van der Waals surface area contributed by atoms with E-state index >= 15 is 0 Å². The minimum atomic E-state index is 0.835. The summed E-state index contributed by atoms with van der Waals surface area (Å²) in [5, 5.41) is 0. The van der Waals surface area contributed by atoms with Crippen LogP contribution in [0.1, 0.15) is 108 Å². The van der Waals surface area contributed by atoms with Crippen molar-refractivity contribution in [2.75, 3.05) is 0 Å². The zero-order valence-corrected chi connectivity index (χ0v) is 17.7. The molecule has 0 heterocycles. The van der Waals surface area contributed by atoms with Gasteiger partial charge in [-0.1, -0.05) is 82.2 Å². The average molecular weight is 355 g/mol. The Morgan fingerprint density at radius 3 is 1.73 bits per heavy atom. The van der Waals surface area contributed by atoms with Crippen molar-refractivity contribution in [1.29, 1.82) is 0 Å². The summed E-state index contributed by atoms with van der Waals surface area (Å²) >= 11 is 0. The molecule has 2 aliphatic carbocycles. The van der Waals surface area contributed by atoms with E-state index in [-0.39, 0.29) is 0 Å². The summed E-state index contributed by atoms with van der Waals surface area (Å²) in [4.78, 5) is 0. The second kappa shape index (κ2) is 9.95. The molecule has 3 rings (SSSR count). The summed E-state index contributed by atoms with van der Waals surface area (Å²) in [6.07, 6.45) is 17.7. The first-order valence-corrected chi connectivity index (χ1v) is 11.8. The number of benzene rings is 1. The molecule has 0 saturated heterocycles. The first-order chi connectivity index (χ1) is 12.7. The maximum Gasteiger partial charge on any atom is -0.0162 e. The van der Waals surface area contributed by atoms with Crippen molar-refractivity contribution in [3.63, 3.8) is 0 Å². The van der Waals surface area contributed by atoms with E-state index in [2.05, 4.69) is 45.0 Å². The molecule has 2 saturated carbocycles. The lowest BCUT2D eigenvalue weighted by molar-refractivity contribution is 0.179. The van der Waals surface area contributed by atoms with E-state index in [4.69, 9.17) is 0 Å². The Balaban J connectivity index is 1.35. The number of hydrogen-bond acceptors (Lipinski definition) is 0. The fourth-order valence-electron chi connectivity index (χ4n) is 6.00. The third kappa shape index (κ3) is 5.37. The zero-order chi connectivity index (χ0) is 18.4. The van der Waals surface area contributed by atoms with Gasteiger partial charge in [0.15, 0.2) is 0 Å². The average Bonchev–Trinajstić information content (AvgIpc) is 2.69. The summed E-state index contributed by atoms with van der Waals surface area (Å²) < 4.78 is 0. The molecule has 0 bridgehead atoms. The molecule has 2 fully saturated rings. The van der Waals surface area contributed by atoms with Gasteiger partial charge in [0.1, 0.15) is 0 Å². The van der Waals surface area contributed by atoms with Crippen molar-refractivity contribution >= 4 is 0 Å². The molecule has 2 aliphatic rings. The Labute approximate surface area is 163 Å². The normalized spacial score (nSPS) is 29.8. The van der Waals surface area contributed by atoms with Crippen molar-refractivity contribution in [3.8, 4) is 0 Å². The van der Waals surface area contributed by atoms with Gasteiger partial charge in [0.2, 0.25) is 0 Å². The largest absolute Gasteiger partial charge is 0.0651 e. The predicted molar refractivity (Wildman–Crippen MR) is 115 cm³/mol. The highest BCUT2D eigenvalue weighted by molar-refractivity contribution is 5.24. The maximum atomic E-state index is 2.40. The molecule has 1 aromatic carbocycles. The molecule has 0 aromatic heterocycles. The quantitative estimate of drug-likeness (QED) is 0.462. The third-order valence-corrected chi connectivity index (χ3v) is 7.99. The number of rotatable bonds is 7. The monoisotopic (exact) mass is 354 g/mol. The van der Waals surface area contributed by atoms with Gasteiger partial charge in [-0.3, -0.25) is 0 Å². The van der Waals surface area contributed by atoms with Crippen LogP contribution in [0, 0.1) is 30.6 Å². The van der Waals surface area contributed by atoms with Gasteiger partial charge in [-0.2, -0.15) is 0 Å². The van der Waals surface area contributed by atoms with Crippen molar-refractivity contribution in [1.82, 2.24) is 0 Å². The van der Waals surface area contributed by atoms with Gasteiger partial charge < -0.3 is 0 Å². The van der Waals surface area contributed by atoms with Crippen molar-refractivity contribution in [3.05, 3.63) is 35.4 Å². The molecule has 0 aliphatic heterocycles. The van der Waals surface area contributed by atoms with Gasteiger partial charge in [0.25, 0.3) is 0 Å². The second-order valence-electron chi connectivity index (χ2n) is 9.56. The second-order valence-corrected chi connectivity index (χ2v) is 9.56. The molecule has 0 heteroatoms. The van der Waals surface area contributed by atoms with Crippen LogP contribution >= 0.6 is 0 Å². The van der Waals surface area contributed by atoms with E-state index in [0.717, 1.165) is 29.6 Å². The number of aryl methyl sites for hydroxylation is 1. The van der Waals surface area contributed by atoms with E-state index in [1.54, 1.807) is 5.56 Å². The first-order valence-electron chi connectivity index (χ1n) is 11.8. The number of hydrogen-bond donors (Lipinski definition) is 0. The van der Waals surface area contributed by atoms with Crippen LogP contribution in [0.25, 0.3) is 0 Å². The van der Waals surface area contributed by atoms with Crippen molar-refractivity contribution in [2.24, 2.45) is 23.7 Å². The van der Waals surface area contributed by atoms with Crippen LogP contribution in [0.4, 0.5) is 0 Å². The highest BCUT2D eigenvalue weighted by atomic mass is 14.3. The van der Waals surface area contributed by atoms with E-state index in [1.807, 2.05) is 0 Å². The molecule has 0 unspecified atom stereocenters. The molecule has 26 heavy (non-hydrogen) atoms. The molecule has 0 N–H and O–H groups in total. The molecule has 1 aromatic rings. The van der Waals surface area contributed by atoms with Crippen LogP contribution in [-0.4, -0.2) is 0 Å². The highest BCUT2D eigenvalue weighted by Gasteiger charge is 2.27. The van der Waals surface area contributed by atoms with Crippen LogP contribution in [-0.2, 0) is 0 Å². The lowest BCUT2D eigenvalue weighted by Gasteiger charge is -2.34. The summed E-state index contributed by atoms with van der Waals surface area (Å²) in [5.41, 5.74) is 2.98. The fourth-order valence-corrected chi connectivity index (χ4v) is 6.00. The molecule has 0 radical (unpaired) electrons. The van der Waals surface area contributed by atoms with Gasteiger partial charge in [-0.15, -0.1) is 0 Å². The lowest BCUT2D eigenvalue weighted by atomic mass is 9.71. The molecule has 0 amide bonds. The lowest BCUT2D eigenvalue weighted by Crippen LogP contribution is -2.22. The predicted octanol–water partition coefficient (Wildman–Crippen LogP) is 8.29. The fraction of sp³-hybridized carbons (Fsp3) is 0.769. The molecular weight excluding hydrogens is 312 g/mol. The van der Waals surface area contributed by atoms with Crippen LogP contribution in [0.15, 0.2) is 24.3 Å². The highest BCUT2D eigenvalue weighted by Crippen LogP contribution is 2.41. The van der Waals surface area contributed by atoms with Gasteiger partial charge >= 0.3 is 0 Å². The summed E-state index contributed by atoms with van der Waals surface area (Å²) in [7, 11) is 0. The summed E-state index contributed by atoms with van der Waals surface area (Å²) in [6, 6.07) is 9.33. The van der Waals surface area contributed by atoms with Crippen molar-refractivity contribution < 1.29 is 0 Å². The summed E-state index contributed by atoms with van der Waals surface area (Å²) in [5.74, 6) is 4.96. The molecule has 146 valence electrons. The Morgan fingerprint density at radius 1 is 0.731 bits per heavy atom. The van der Waals surface area contributed by atoms with Crippen LogP contribution in [0.5, 0.6) is 0 Å². The Morgan fingerprint density at radius 2 is 1.23 bits per heavy atom. The molecule has 0 atom stereocenters. The minimum absolute atomic E-state index is 0.835. The van der Waals surface area contributed by atoms with Gasteiger partial charge in [0, 0.05) is 0 Å². The van der Waals surface area contributed by atoms with Gasteiger partial charge in [-0.05, 0) is 80.6 Å². The third-order valence-electron chi connectivity index (χ3n) is 7.99. The Bertz CT molecular complexity index is 493. The topological polar surface area (TPSA) is 0 Å². The van der Waals surface area contributed by atoms with Gasteiger partial charge in [-0.25, -0.2) is 0 Å². The molecule has 0 nitrogen and oxygen atoms in total. The van der Waals surface area contributed by atoms with E-state index < -0.39 is 0 Å². The standard InChI is InChI=1S/C26H42/c1-4-23(5-2)24-16-10-21(11-17-24)8-9-22-12-18-26(19-13-22)25-14-6-20(3)7-15-25/h6-7,14-15,21-24,26H,4-5,8-13,16-19H2,1-3H3. The zero-order valence-electron chi connectivity index (χ0n) is 17.7. The minimum Gasteiger partial charge on any atom is -0.0651 e. The van der Waals surface area contributed by atoms with E-state index in [9.17, 15) is 0 Å². The molecular formula is C26H42. The molecule has 0 spiro atoms. The SMILES string of the molecule is CCC(CC)C1CCC(CCC2CCC(c3ccc(C)cc3)CC2)CC1. The van der Waals surface area contributed by atoms with E-state index in [0.29, 0.717) is 0 Å². The van der Waals surface area contributed by atoms with Gasteiger partial charge in [0.05, 0.1) is 0 Å². The van der Waals surface area contributed by atoms with Crippen LogP contribution in [0.3, 0.4) is 0 Å². The maximum absolute atomic E-state index is 2.40.